The Kier molecular flexibility index (Phi) is 3.74. The fourth-order valence-corrected chi connectivity index (χ4v) is 2.89. The van der Waals surface area contributed by atoms with E-state index in [1.54, 1.807) is 0 Å². The zero-order valence-corrected chi connectivity index (χ0v) is 11.5. The van der Waals surface area contributed by atoms with Crippen LogP contribution in [0, 0.1) is 5.92 Å². The van der Waals surface area contributed by atoms with Crippen molar-refractivity contribution in [2.45, 2.75) is 32.6 Å². The molecule has 2 radical (unpaired) electrons. The van der Waals surface area contributed by atoms with Crippen molar-refractivity contribution >= 4 is 13.3 Å². The van der Waals surface area contributed by atoms with E-state index in [1.807, 2.05) is 6.92 Å². The Morgan fingerprint density at radius 1 is 1.32 bits per heavy atom. The molecule has 0 amide bonds. The van der Waals surface area contributed by atoms with Gasteiger partial charge < -0.3 is 10.2 Å². The summed E-state index contributed by atoms with van der Waals surface area (Å²) in [7, 11) is 5.63. The van der Waals surface area contributed by atoms with Crippen LogP contribution in [0.4, 0.5) is 0 Å². The maximum absolute atomic E-state index is 10.1. The Morgan fingerprint density at radius 2 is 1.89 bits per heavy atom. The number of phenols is 2. The summed E-state index contributed by atoms with van der Waals surface area (Å²) >= 11 is 0. The summed E-state index contributed by atoms with van der Waals surface area (Å²) in [5.74, 6) is 0.315. The van der Waals surface area contributed by atoms with Gasteiger partial charge in [-0.25, -0.2) is 0 Å². The Balaban J connectivity index is 2.54. The molecule has 2 atom stereocenters. The zero-order chi connectivity index (χ0) is 14.2. The van der Waals surface area contributed by atoms with Crippen molar-refractivity contribution in [3.8, 4) is 11.5 Å². The van der Waals surface area contributed by atoms with Crippen molar-refractivity contribution in [3.05, 3.63) is 41.5 Å². The van der Waals surface area contributed by atoms with Gasteiger partial charge in [-0.3, -0.25) is 0 Å². The van der Waals surface area contributed by atoms with Crippen LogP contribution in [0.5, 0.6) is 11.5 Å². The minimum absolute atomic E-state index is 0.0353. The molecule has 1 aliphatic rings. The van der Waals surface area contributed by atoms with Gasteiger partial charge in [0.05, 0.1) is 0 Å². The van der Waals surface area contributed by atoms with Crippen molar-refractivity contribution in [1.82, 2.24) is 0 Å². The molecule has 2 unspecified atom stereocenters. The third-order valence-electron chi connectivity index (χ3n) is 3.87. The predicted octanol–water partition coefficient (Wildman–Crippen LogP) is 2.91. The lowest BCUT2D eigenvalue weighted by Crippen LogP contribution is -2.18. The Bertz CT molecular complexity index is 523. The molecule has 0 saturated heterocycles. The zero-order valence-electron chi connectivity index (χ0n) is 11.5. The highest BCUT2D eigenvalue weighted by Crippen LogP contribution is 2.45. The normalized spacial score (nSPS) is 22.9. The lowest BCUT2D eigenvalue weighted by molar-refractivity contribution is 0.407. The van der Waals surface area contributed by atoms with E-state index in [-0.39, 0.29) is 23.3 Å². The van der Waals surface area contributed by atoms with Crippen LogP contribution in [-0.2, 0) is 0 Å². The van der Waals surface area contributed by atoms with E-state index >= 15 is 0 Å². The molecule has 0 spiro atoms. The summed E-state index contributed by atoms with van der Waals surface area (Å²) in [4.78, 5) is 0. The second-order valence-electron chi connectivity index (χ2n) is 5.50. The second kappa shape index (κ2) is 5.16. The Labute approximate surface area is 115 Å². The molecule has 0 bridgehead atoms. The van der Waals surface area contributed by atoms with Gasteiger partial charge in [-0.1, -0.05) is 29.3 Å². The highest BCUT2D eigenvalue weighted by molar-refractivity contribution is 6.32. The van der Waals surface area contributed by atoms with Gasteiger partial charge in [0.2, 0.25) is 0 Å². The molecular formula is C16H19BO2. The van der Waals surface area contributed by atoms with Gasteiger partial charge in [-0.2, -0.15) is 0 Å². The van der Waals surface area contributed by atoms with Crippen LogP contribution in [0.25, 0.3) is 0 Å². The molecule has 0 aliphatic heterocycles. The molecule has 19 heavy (non-hydrogen) atoms. The lowest BCUT2D eigenvalue weighted by Gasteiger charge is -2.31. The monoisotopic (exact) mass is 254 g/mol. The number of hydrogen-bond donors (Lipinski definition) is 2. The number of hydrogen-bond acceptors (Lipinski definition) is 2. The molecule has 2 rings (SSSR count). The van der Waals surface area contributed by atoms with Gasteiger partial charge in [0, 0.05) is 11.5 Å². The summed E-state index contributed by atoms with van der Waals surface area (Å²) in [6.45, 7) is 8.11. The summed E-state index contributed by atoms with van der Waals surface area (Å²) in [6.07, 6.45) is 4.14. The van der Waals surface area contributed by atoms with Crippen LogP contribution in [0.1, 0.15) is 38.2 Å². The van der Waals surface area contributed by atoms with E-state index in [2.05, 4.69) is 19.6 Å². The smallest absolute Gasteiger partial charge is 0.122 e. The van der Waals surface area contributed by atoms with E-state index in [0.717, 1.165) is 18.4 Å². The van der Waals surface area contributed by atoms with Gasteiger partial charge in [0.1, 0.15) is 19.3 Å². The number of benzene rings is 1. The van der Waals surface area contributed by atoms with Crippen LogP contribution in [0.2, 0.25) is 0 Å². The minimum atomic E-state index is -0.0353. The summed E-state index contributed by atoms with van der Waals surface area (Å²) in [6, 6.07) is 2.98. The summed E-state index contributed by atoms with van der Waals surface area (Å²) in [5.41, 5.74) is 3.27. The number of allylic oxidation sites excluding steroid dienone is 3. The first-order valence-corrected chi connectivity index (χ1v) is 6.54. The second-order valence-corrected chi connectivity index (χ2v) is 5.50. The Hall–Kier alpha value is -1.64. The van der Waals surface area contributed by atoms with Crippen molar-refractivity contribution in [3.63, 3.8) is 0 Å². The quantitative estimate of drug-likeness (QED) is 0.629. The first-order valence-electron chi connectivity index (χ1n) is 6.54. The minimum Gasteiger partial charge on any atom is -0.508 e. The van der Waals surface area contributed by atoms with E-state index in [1.165, 1.54) is 17.7 Å². The average molecular weight is 254 g/mol. The van der Waals surface area contributed by atoms with E-state index < -0.39 is 0 Å². The van der Waals surface area contributed by atoms with Crippen LogP contribution >= 0.6 is 0 Å². The molecule has 0 heterocycles. The Morgan fingerprint density at radius 3 is 2.42 bits per heavy atom. The summed E-state index contributed by atoms with van der Waals surface area (Å²) in [5, 5.41) is 20.2. The maximum atomic E-state index is 10.1. The van der Waals surface area contributed by atoms with Crippen LogP contribution < -0.4 is 5.46 Å². The van der Waals surface area contributed by atoms with Crippen LogP contribution in [0.3, 0.4) is 0 Å². The third-order valence-corrected chi connectivity index (χ3v) is 3.87. The van der Waals surface area contributed by atoms with E-state index in [4.69, 9.17) is 7.85 Å². The van der Waals surface area contributed by atoms with Crippen LogP contribution in [-0.4, -0.2) is 18.1 Å². The number of rotatable bonds is 2. The highest BCUT2D eigenvalue weighted by atomic mass is 16.3. The van der Waals surface area contributed by atoms with E-state index in [9.17, 15) is 10.2 Å². The molecule has 3 heteroatoms. The standard InChI is InChI=1S/C16H19BO2/c1-9(2)12-5-4-10(3)6-13(12)16-14(18)7-11(17)8-15(16)19/h6-8,12-13,18-19H,1,4-5H2,2-3H3. The van der Waals surface area contributed by atoms with Gasteiger partial charge in [-0.05, 0) is 44.7 Å². The van der Waals surface area contributed by atoms with Gasteiger partial charge in [0.25, 0.3) is 0 Å². The van der Waals surface area contributed by atoms with Crippen LogP contribution in [0.15, 0.2) is 35.9 Å². The molecule has 2 N–H and O–H groups in total. The fourth-order valence-electron chi connectivity index (χ4n) is 2.89. The molecular weight excluding hydrogens is 235 g/mol. The highest BCUT2D eigenvalue weighted by Gasteiger charge is 2.29. The molecule has 0 fully saturated rings. The molecule has 0 saturated carbocycles. The van der Waals surface area contributed by atoms with Gasteiger partial charge >= 0.3 is 0 Å². The molecule has 98 valence electrons. The molecule has 2 nitrogen and oxygen atoms in total. The third kappa shape index (κ3) is 2.70. The maximum Gasteiger partial charge on any atom is 0.122 e. The SMILES string of the molecule is [B]c1cc(O)c(C2C=C(C)CCC2C(=C)C)c(O)c1. The van der Waals surface area contributed by atoms with E-state index in [0.29, 0.717) is 11.0 Å². The molecule has 1 aliphatic carbocycles. The largest absolute Gasteiger partial charge is 0.508 e. The molecule has 0 aromatic heterocycles. The summed E-state index contributed by atoms with van der Waals surface area (Å²) < 4.78 is 0. The molecule has 1 aromatic rings. The number of phenolic OH excluding ortho intramolecular Hbond substituents is 2. The van der Waals surface area contributed by atoms with Crippen molar-refractivity contribution in [1.29, 1.82) is 0 Å². The first-order chi connectivity index (χ1) is 8.90. The predicted molar refractivity (Wildman–Crippen MR) is 79.2 cm³/mol. The molecule has 1 aromatic carbocycles. The number of aromatic hydroxyl groups is 2. The van der Waals surface area contributed by atoms with Crippen molar-refractivity contribution < 1.29 is 10.2 Å². The fraction of sp³-hybridized carbons (Fsp3) is 0.375. The lowest BCUT2D eigenvalue weighted by atomic mass is 9.73. The average Bonchev–Trinajstić information content (AvgIpc) is 2.27. The van der Waals surface area contributed by atoms with Gasteiger partial charge in [0.15, 0.2) is 0 Å². The topological polar surface area (TPSA) is 40.5 Å². The van der Waals surface area contributed by atoms with Gasteiger partial charge in [-0.15, -0.1) is 0 Å². The first kappa shape index (κ1) is 13.8. The van der Waals surface area contributed by atoms with Crippen molar-refractivity contribution in [2.24, 2.45) is 5.92 Å². The van der Waals surface area contributed by atoms with Crippen molar-refractivity contribution in [2.75, 3.05) is 0 Å².